The fourth-order valence-corrected chi connectivity index (χ4v) is 3.55. The van der Waals surface area contributed by atoms with Gasteiger partial charge in [-0.2, -0.15) is 0 Å². The van der Waals surface area contributed by atoms with E-state index in [1.807, 2.05) is 37.4 Å². The van der Waals surface area contributed by atoms with Crippen LogP contribution >= 0.6 is 11.8 Å². The van der Waals surface area contributed by atoms with Gasteiger partial charge in [0.05, 0.1) is 6.04 Å². The summed E-state index contributed by atoms with van der Waals surface area (Å²) in [5.74, 6) is 0.758. The minimum absolute atomic E-state index is 0.240. The van der Waals surface area contributed by atoms with Crippen LogP contribution in [0.1, 0.15) is 24.6 Å². The van der Waals surface area contributed by atoms with E-state index in [2.05, 4.69) is 21.3 Å². The van der Waals surface area contributed by atoms with Crippen LogP contribution in [0.3, 0.4) is 0 Å². The molecule has 0 radical (unpaired) electrons. The van der Waals surface area contributed by atoms with Crippen LogP contribution in [0.25, 0.3) is 11.3 Å². The Morgan fingerprint density at radius 2 is 2.32 bits per heavy atom. The molecule has 6 heteroatoms. The maximum absolute atomic E-state index is 5.83. The zero-order chi connectivity index (χ0) is 15.5. The Kier molecular flexibility index (Phi) is 4.38. The number of likely N-dealkylation sites (tertiary alicyclic amines) is 1. The molecule has 0 saturated carbocycles. The Bertz CT molecular complexity index is 682. The number of nitrogens with two attached hydrogens (primary N) is 1. The summed E-state index contributed by atoms with van der Waals surface area (Å²) in [7, 11) is 1.84. The number of aromatic nitrogens is 1. The normalized spacial score (nSPS) is 18.9. The van der Waals surface area contributed by atoms with Gasteiger partial charge in [0.25, 0.3) is 0 Å². The van der Waals surface area contributed by atoms with Crippen molar-refractivity contribution in [3.63, 3.8) is 0 Å². The van der Waals surface area contributed by atoms with Gasteiger partial charge >= 0.3 is 0 Å². The standard InChI is InChI=1S/C16H20N4OS/c1-18-16(22-2)20-8-4-7-14(20)13-10-15(21-19-13)11-5-3-6-12(17)9-11/h3,5-6,9-10,14H,4,7-8,17H2,1-2H3/b18-16-. The molecule has 1 aromatic heterocycles. The molecule has 0 spiro atoms. The van der Waals surface area contributed by atoms with Gasteiger partial charge in [0, 0.05) is 30.9 Å². The zero-order valence-corrected chi connectivity index (χ0v) is 13.6. The summed E-state index contributed by atoms with van der Waals surface area (Å²) in [5.41, 5.74) is 8.48. The fourth-order valence-electron chi connectivity index (χ4n) is 2.91. The highest BCUT2D eigenvalue weighted by Crippen LogP contribution is 2.35. The first-order valence-electron chi connectivity index (χ1n) is 7.33. The lowest BCUT2D eigenvalue weighted by atomic mass is 10.1. The third kappa shape index (κ3) is 2.83. The number of anilines is 1. The third-order valence-electron chi connectivity index (χ3n) is 3.91. The molecule has 2 aromatic rings. The van der Waals surface area contributed by atoms with Crippen LogP contribution in [0.4, 0.5) is 5.69 Å². The lowest BCUT2D eigenvalue weighted by molar-refractivity contribution is 0.362. The van der Waals surface area contributed by atoms with Crippen molar-refractivity contribution < 1.29 is 4.52 Å². The van der Waals surface area contributed by atoms with Crippen molar-refractivity contribution in [1.29, 1.82) is 0 Å². The predicted octanol–water partition coefficient (Wildman–Crippen LogP) is 3.41. The second-order valence-electron chi connectivity index (χ2n) is 5.30. The van der Waals surface area contributed by atoms with Crippen molar-refractivity contribution in [2.45, 2.75) is 18.9 Å². The largest absolute Gasteiger partial charge is 0.399 e. The van der Waals surface area contributed by atoms with E-state index in [0.29, 0.717) is 0 Å². The van der Waals surface area contributed by atoms with Crippen molar-refractivity contribution in [3.8, 4) is 11.3 Å². The van der Waals surface area contributed by atoms with E-state index >= 15 is 0 Å². The predicted molar refractivity (Wildman–Crippen MR) is 91.9 cm³/mol. The lowest BCUT2D eigenvalue weighted by Crippen LogP contribution is -2.28. The molecule has 1 unspecified atom stereocenters. The third-order valence-corrected chi connectivity index (χ3v) is 4.70. The van der Waals surface area contributed by atoms with Crippen molar-refractivity contribution in [2.24, 2.45) is 4.99 Å². The second-order valence-corrected chi connectivity index (χ2v) is 6.08. The van der Waals surface area contributed by atoms with Crippen molar-refractivity contribution in [2.75, 3.05) is 25.6 Å². The smallest absolute Gasteiger partial charge is 0.167 e. The highest BCUT2D eigenvalue weighted by molar-refractivity contribution is 8.13. The average Bonchev–Trinajstić information content (AvgIpc) is 3.17. The first-order chi connectivity index (χ1) is 10.7. The van der Waals surface area contributed by atoms with Gasteiger partial charge in [0.15, 0.2) is 10.9 Å². The number of hydrogen-bond acceptors (Lipinski definition) is 5. The molecule has 1 aliphatic rings. The van der Waals surface area contributed by atoms with Crippen molar-refractivity contribution in [3.05, 3.63) is 36.0 Å². The van der Waals surface area contributed by atoms with Crippen molar-refractivity contribution >= 4 is 22.6 Å². The Labute approximate surface area is 134 Å². The van der Waals surface area contributed by atoms with E-state index in [1.54, 1.807) is 11.8 Å². The van der Waals surface area contributed by atoms with Crippen LogP contribution < -0.4 is 5.73 Å². The van der Waals surface area contributed by atoms with Crippen LogP contribution in [-0.4, -0.2) is 35.1 Å². The number of nitrogen functional groups attached to an aromatic ring is 1. The van der Waals surface area contributed by atoms with Gasteiger partial charge in [-0.1, -0.05) is 29.1 Å². The Hall–Kier alpha value is -1.95. The molecule has 3 rings (SSSR count). The average molecular weight is 316 g/mol. The molecule has 0 aliphatic carbocycles. The molecule has 0 amide bonds. The van der Waals surface area contributed by atoms with E-state index in [0.717, 1.165) is 47.3 Å². The van der Waals surface area contributed by atoms with Gasteiger partial charge in [-0.05, 0) is 31.2 Å². The van der Waals surface area contributed by atoms with Crippen LogP contribution in [0.15, 0.2) is 39.8 Å². The molecule has 1 aromatic carbocycles. The topological polar surface area (TPSA) is 67.7 Å². The van der Waals surface area contributed by atoms with E-state index in [4.69, 9.17) is 10.3 Å². The number of nitrogens with zero attached hydrogens (tertiary/aromatic N) is 3. The van der Waals surface area contributed by atoms with Gasteiger partial charge < -0.3 is 15.2 Å². The monoisotopic (exact) mass is 316 g/mol. The number of amidine groups is 1. The van der Waals surface area contributed by atoms with Gasteiger partial charge in [-0.15, -0.1) is 0 Å². The number of hydrogen-bond donors (Lipinski definition) is 1. The Morgan fingerprint density at radius 3 is 3.05 bits per heavy atom. The van der Waals surface area contributed by atoms with E-state index in [1.165, 1.54) is 0 Å². The SMILES string of the molecule is C/N=C(\SC)N1CCCC1c1cc(-c2cccc(N)c2)on1. The van der Waals surface area contributed by atoms with Gasteiger partial charge in [-0.25, -0.2) is 0 Å². The Morgan fingerprint density at radius 1 is 1.45 bits per heavy atom. The van der Waals surface area contributed by atoms with Crippen LogP contribution in [-0.2, 0) is 0 Å². The summed E-state index contributed by atoms with van der Waals surface area (Å²) >= 11 is 1.67. The maximum Gasteiger partial charge on any atom is 0.167 e. The molecular formula is C16H20N4OS. The quantitative estimate of drug-likeness (QED) is 0.522. The van der Waals surface area contributed by atoms with Crippen LogP contribution in [0.5, 0.6) is 0 Å². The molecule has 2 N–H and O–H groups in total. The van der Waals surface area contributed by atoms with Gasteiger partial charge in [0.2, 0.25) is 0 Å². The maximum atomic E-state index is 5.83. The summed E-state index contributed by atoms with van der Waals surface area (Å²) in [4.78, 5) is 6.68. The molecule has 1 atom stereocenters. The van der Waals surface area contributed by atoms with Gasteiger partial charge in [-0.3, -0.25) is 4.99 Å². The zero-order valence-electron chi connectivity index (χ0n) is 12.8. The summed E-state index contributed by atoms with van der Waals surface area (Å²) in [6.45, 7) is 1.01. The summed E-state index contributed by atoms with van der Waals surface area (Å²) < 4.78 is 5.53. The highest BCUT2D eigenvalue weighted by Gasteiger charge is 2.30. The summed E-state index contributed by atoms with van der Waals surface area (Å²) in [6, 6.07) is 9.92. The molecule has 1 saturated heterocycles. The fraction of sp³-hybridized carbons (Fsp3) is 0.375. The van der Waals surface area contributed by atoms with E-state index in [9.17, 15) is 0 Å². The highest BCUT2D eigenvalue weighted by atomic mass is 32.2. The van der Waals surface area contributed by atoms with E-state index < -0.39 is 0 Å². The number of thioether (sulfide) groups is 1. The van der Waals surface area contributed by atoms with Gasteiger partial charge in [0.1, 0.15) is 5.69 Å². The first-order valence-corrected chi connectivity index (χ1v) is 8.55. The molecule has 2 heterocycles. The first kappa shape index (κ1) is 15.0. The second kappa shape index (κ2) is 6.44. The Balaban J connectivity index is 1.87. The number of rotatable bonds is 2. The number of benzene rings is 1. The van der Waals surface area contributed by atoms with Crippen LogP contribution in [0, 0.1) is 0 Å². The molecule has 0 bridgehead atoms. The minimum Gasteiger partial charge on any atom is -0.399 e. The van der Waals surface area contributed by atoms with Crippen molar-refractivity contribution in [1.82, 2.24) is 10.1 Å². The van der Waals surface area contributed by atoms with Crippen LogP contribution in [0.2, 0.25) is 0 Å². The minimum atomic E-state index is 0.240. The summed E-state index contributed by atoms with van der Waals surface area (Å²) in [5, 5.41) is 5.34. The van der Waals surface area contributed by atoms with E-state index in [-0.39, 0.29) is 6.04 Å². The molecule has 1 aliphatic heterocycles. The molecule has 22 heavy (non-hydrogen) atoms. The molecular weight excluding hydrogens is 296 g/mol. The number of aliphatic imine (C=N–C) groups is 1. The molecule has 1 fully saturated rings. The lowest BCUT2D eigenvalue weighted by Gasteiger charge is -2.24. The molecule has 5 nitrogen and oxygen atoms in total. The molecule has 116 valence electrons. The summed E-state index contributed by atoms with van der Waals surface area (Å²) in [6.07, 6.45) is 4.27.